The van der Waals surface area contributed by atoms with Crippen LogP contribution in [-0.4, -0.2) is 95.1 Å². The lowest BCUT2D eigenvalue weighted by atomic mass is 10.2. The summed E-state index contributed by atoms with van der Waals surface area (Å²) in [6.45, 7) is 3.90. The number of sulfonamides is 2. The smallest absolute Gasteiger partial charge is 0.243 e. The minimum atomic E-state index is -3.86. The third-order valence-electron chi connectivity index (χ3n) is 5.13. The van der Waals surface area contributed by atoms with Gasteiger partial charge in [-0.1, -0.05) is 6.07 Å². The maximum atomic E-state index is 13.4. The number of halogens is 1. The number of hydrogen-bond acceptors (Lipinski definition) is 6. The van der Waals surface area contributed by atoms with E-state index in [-0.39, 0.29) is 18.0 Å². The molecule has 0 spiro atoms. The second kappa shape index (κ2) is 8.72. The Bertz CT molecular complexity index is 888. The fourth-order valence-corrected chi connectivity index (χ4v) is 6.28. The highest BCUT2D eigenvalue weighted by atomic mass is 32.2. The number of hydrogen-bond donors (Lipinski definition) is 0. The van der Waals surface area contributed by atoms with E-state index in [2.05, 4.69) is 4.90 Å². The normalized spacial score (nSPS) is 22.8. The maximum absolute atomic E-state index is 13.4. The van der Waals surface area contributed by atoms with Gasteiger partial charge in [0.15, 0.2) is 0 Å². The van der Waals surface area contributed by atoms with Crippen molar-refractivity contribution in [1.29, 1.82) is 0 Å². The first-order valence-corrected chi connectivity index (χ1v) is 12.5. The second-order valence-corrected chi connectivity index (χ2v) is 11.0. The lowest BCUT2D eigenvalue weighted by Crippen LogP contribution is -2.47. The van der Waals surface area contributed by atoms with Crippen molar-refractivity contribution in [3.8, 4) is 0 Å². The summed E-state index contributed by atoms with van der Waals surface area (Å²) >= 11 is 0. The summed E-state index contributed by atoms with van der Waals surface area (Å²) in [6, 6.07) is 4.43. The van der Waals surface area contributed by atoms with Gasteiger partial charge in [-0.05, 0) is 24.6 Å². The monoisotopic (exact) mass is 435 g/mol. The summed E-state index contributed by atoms with van der Waals surface area (Å²) < 4.78 is 71.6. The molecule has 11 heteroatoms. The third kappa shape index (κ3) is 5.08. The van der Waals surface area contributed by atoms with Crippen LogP contribution in [0.2, 0.25) is 0 Å². The van der Waals surface area contributed by atoms with E-state index in [0.717, 1.165) is 25.4 Å². The van der Waals surface area contributed by atoms with Gasteiger partial charge in [-0.15, -0.1) is 0 Å². The van der Waals surface area contributed by atoms with E-state index in [9.17, 15) is 21.2 Å². The quantitative estimate of drug-likeness (QED) is 0.607. The molecule has 2 heterocycles. The van der Waals surface area contributed by atoms with E-state index >= 15 is 0 Å². The fraction of sp³-hybridized carbons (Fsp3) is 0.647. The van der Waals surface area contributed by atoms with Crippen LogP contribution in [-0.2, 0) is 24.8 Å². The third-order valence-corrected chi connectivity index (χ3v) is 8.33. The molecule has 0 bridgehead atoms. The summed E-state index contributed by atoms with van der Waals surface area (Å²) in [6.07, 6.45) is 1.56. The molecule has 0 saturated carbocycles. The van der Waals surface area contributed by atoms with Gasteiger partial charge in [0.25, 0.3) is 0 Å². The van der Waals surface area contributed by atoms with Crippen molar-refractivity contribution in [3.63, 3.8) is 0 Å². The molecule has 0 radical (unpaired) electrons. The summed E-state index contributed by atoms with van der Waals surface area (Å²) in [7, 11) is -7.36. The molecule has 28 heavy (non-hydrogen) atoms. The first-order chi connectivity index (χ1) is 13.2. The highest BCUT2D eigenvalue weighted by molar-refractivity contribution is 7.89. The largest absolute Gasteiger partial charge is 0.379 e. The molecule has 0 aromatic heterocycles. The van der Waals surface area contributed by atoms with Crippen LogP contribution in [0.3, 0.4) is 0 Å². The van der Waals surface area contributed by atoms with Crippen LogP contribution in [0.5, 0.6) is 0 Å². The number of morpholine rings is 1. The van der Waals surface area contributed by atoms with Gasteiger partial charge in [0.2, 0.25) is 20.0 Å². The Labute approximate surface area is 166 Å². The van der Waals surface area contributed by atoms with Gasteiger partial charge in [0, 0.05) is 45.3 Å². The topological polar surface area (TPSA) is 87.2 Å². The molecular weight excluding hydrogens is 409 g/mol. The number of ether oxygens (including phenoxy) is 1. The Morgan fingerprint density at radius 3 is 2.54 bits per heavy atom. The lowest BCUT2D eigenvalue weighted by Gasteiger charge is -2.31. The van der Waals surface area contributed by atoms with Crippen LogP contribution in [0.25, 0.3) is 0 Å². The minimum absolute atomic E-state index is 0.0645. The Kier molecular flexibility index (Phi) is 6.72. The zero-order chi connectivity index (χ0) is 20.4. The van der Waals surface area contributed by atoms with Crippen LogP contribution >= 0.6 is 0 Å². The zero-order valence-electron chi connectivity index (χ0n) is 15.8. The van der Waals surface area contributed by atoms with Crippen molar-refractivity contribution in [2.45, 2.75) is 17.4 Å². The van der Waals surface area contributed by atoms with Crippen molar-refractivity contribution < 1.29 is 26.0 Å². The van der Waals surface area contributed by atoms with Gasteiger partial charge in [-0.2, -0.15) is 8.61 Å². The van der Waals surface area contributed by atoms with E-state index in [1.54, 1.807) is 0 Å². The van der Waals surface area contributed by atoms with Crippen molar-refractivity contribution in [1.82, 2.24) is 13.5 Å². The molecule has 1 aromatic carbocycles. The molecule has 0 aliphatic carbocycles. The van der Waals surface area contributed by atoms with Gasteiger partial charge in [-0.3, -0.25) is 4.90 Å². The molecule has 1 atom stereocenters. The van der Waals surface area contributed by atoms with Gasteiger partial charge in [-0.25, -0.2) is 21.2 Å². The van der Waals surface area contributed by atoms with Crippen LogP contribution in [0.15, 0.2) is 29.2 Å². The Balaban J connectivity index is 1.69. The molecule has 158 valence electrons. The van der Waals surface area contributed by atoms with E-state index in [1.165, 1.54) is 26.8 Å². The van der Waals surface area contributed by atoms with Gasteiger partial charge in [0.05, 0.1) is 24.4 Å². The predicted molar refractivity (Wildman–Crippen MR) is 102 cm³/mol. The molecule has 2 aliphatic heterocycles. The highest BCUT2D eigenvalue weighted by Crippen LogP contribution is 2.25. The average Bonchev–Trinajstić information content (AvgIpc) is 3.12. The number of benzene rings is 1. The molecule has 2 aliphatic rings. The molecule has 0 amide bonds. The van der Waals surface area contributed by atoms with Crippen molar-refractivity contribution in [2.24, 2.45) is 0 Å². The lowest BCUT2D eigenvalue weighted by molar-refractivity contribution is 0.0354. The summed E-state index contributed by atoms with van der Waals surface area (Å²) in [4.78, 5) is 2.02. The molecule has 2 saturated heterocycles. The molecule has 8 nitrogen and oxygen atoms in total. The predicted octanol–water partition coefficient (Wildman–Crippen LogP) is 0.183. The molecule has 1 unspecified atom stereocenters. The van der Waals surface area contributed by atoms with Crippen LogP contribution in [0.1, 0.15) is 6.42 Å². The van der Waals surface area contributed by atoms with Gasteiger partial charge in [0.1, 0.15) is 5.82 Å². The van der Waals surface area contributed by atoms with E-state index < -0.39 is 31.9 Å². The second-order valence-electron chi connectivity index (χ2n) is 7.09. The van der Waals surface area contributed by atoms with E-state index in [1.807, 2.05) is 0 Å². The van der Waals surface area contributed by atoms with Gasteiger partial charge >= 0.3 is 0 Å². The Morgan fingerprint density at radius 2 is 1.89 bits per heavy atom. The molecule has 0 N–H and O–H groups in total. The van der Waals surface area contributed by atoms with E-state index in [0.29, 0.717) is 32.7 Å². The fourth-order valence-electron chi connectivity index (χ4n) is 3.62. The number of nitrogens with zero attached hydrogens (tertiary/aromatic N) is 3. The van der Waals surface area contributed by atoms with Crippen molar-refractivity contribution >= 4 is 20.0 Å². The zero-order valence-corrected chi connectivity index (χ0v) is 17.5. The average molecular weight is 436 g/mol. The van der Waals surface area contributed by atoms with Crippen molar-refractivity contribution in [2.75, 3.05) is 58.7 Å². The van der Waals surface area contributed by atoms with Crippen molar-refractivity contribution in [3.05, 3.63) is 30.1 Å². The van der Waals surface area contributed by atoms with E-state index in [4.69, 9.17) is 4.74 Å². The minimum Gasteiger partial charge on any atom is -0.379 e. The molecule has 1 aromatic rings. The summed E-state index contributed by atoms with van der Waals surface area (Å²) in [5.41, 5.74) is 0. The number of rotatable bonds is 7. The standard InChI is InChI=1S/C17H26FN3O5S2/c1-27(22,23)21(8-7-19-9-11-26-12-10-19)16-5-6-20(14-16)28(24,25)17-4-2-3-15(18)13-17/h2-4,13,16H,5-12,14H2,1H3. The highest BCUT2D eigenvalue weighted by Gasteiger charge is 2.38. The Hall–Kier alpha value is -1.11. The van der Waals surface area contributed by atoms with Crippen LogP contribution < -0.4 is 0 Å². The van der Waals surface area contributed by atoms with Crippen LogP contribution in [0.4, 0.5) is 4.39 Å². The molecular formula is C17H26FN3O5S2. The van der Waals surface area contributed by atoms with Crippen LogP contribution in [0, 0.1) is 5.82 Å². The molecule has 3 rings (SSSR count). The summed E-state index contributed by atoms with van der Waals surface area (Å²) in [5.74, 6) is -0.625. The Morgan fingerprint density at radius 1 is 1.18 bits per heavy atom. The first kappa shape index (κ1) is 21.6. The summed E-state index contributed by atoms with van der Waals surface area (Å²) in [5, 5.41) is 0. The SMILES string of the molecule is CS(=O)(=O)N(CCN1CCOCC1)C1CCN(S(=O)(=O)c2cccc(F)c2)C1. The molecule has 2 fully saturated rings. The first-order valence-electron chi connectivity index (χ1n) is 9.20. The maximum Gasteiger partial charge on any atom is 0.243 e. The van der Waals surface area contributed by atoms with Gasteiger partial charge < -0.3 is 4.74 Å².